The summed E-state index contributed by atoms with van der Waals surface area (Å²) in [7, 11) is 1.23. The second-order valence-corrected chi connectivity index (χ2v) is 6.98. The SMILES string of the molecule is COC(=O)C1=C(C)N(c2ccc(F)cc2)C(=O)C[C@H]1C(=O)NCCc1ccccc1. The lowest BCUT2D eigenvalue weighted by Crippen LogP contribution is -2.45. The summed E-state index contributed by atoms with van der Waals surface area (Å²) in [4.78, 5) is 39.4. The standard InChI is InChI=1S/C23H23FN2O4/c1-15-21(23(29)30-2)19(22(28)25-13-12-16-6-4-3-5-7-16)14-20(27)26(15)18-10-8-17(24)9-11-18/h3-11,19H,12-14H2,1-2H3,(H,25,28)/t19-/m1/s1. The first-order chi connectivity index (χ1) is 14.4. The number of hydrogen-bond donors (Lipinski definition) is 1. The minimum Gasteiger partial charge on any atom is -0.466 e. The van der Waals surface area contributed by atoms with Gasteiger partial charge in [0.15, 0.2) is 0 Å². The molecule has 2 amide bonds. The summed E-state index contributed by atoms with van der Waals surface area (Å²) in [5.41, 5.74) is 1.91. The Morgan fingerprint density at radius 3 is 2.43 bits per heavy atom. The Bertz CT molecular complexity index is 970. The number of hydrogen-bond acceptors (Lipinski definition) is 4. The van der Waals surface area contributed by atoms with Gasteiger partial charge in [0.05, 0.1) is 18.6 Å². The van der Waals surface area contributed by atoms with Gasteiger partial charge >= 0.3 is 5.97 Å². The molecule has 7 heteroatoms. The highest BCUT2D eigenvalue weighted by Gasteiger charge is 2.40. The van der Waals surface area contributed by atoms with Crippen LogP contribution in [0.25, 0.3) is 0 Å². The van der Waals surface area contributed by atoms with Gasteiger partial charge in [0.2, 0.25) is 11.8 Å². The molecule has 0 radical (unpaired) electrons. The normalized spacial score (nSPS) is 16.4. The van der Waals surface area contributed by atoms with Crippen LogP contribution in [0.5, 0.6) is 0 Å². The number of carbonyl (C=O) groups excluding carboxylic acids is 3. The molecule has 1 heterocycles. The summed E-state index contributed by atoms with van der Waals surface area (Å²) in [6, 6.07) is 15.0. The second kappa shape index (κ2) is 9.35. The van der Waals surface area contributed by atoms with Crippen molar-refractivity contribution in [3.8, 4) is 0 Å². The summed E-state index contributed by atoms with van der Waals surface area (Å²) in [5.74, 6) is -2.81. The van der Waals surface area contributed by atoms with Crippen LogP contribution < -0.4 is 10.2 Å². The zero-order chi connectivity index (χ0) is 21.7. The minimum atomic E-state index is -0.947. The maximum absolute atomic E-state index is 13.3. The highest BCUT2D eigenvalue weighted by molar-refractivity contribution is 6.08. The van der Waals surface area contributed by atoms with Crippen molar-refractivity contribution in [3.63, 3.8) is 0 Å². The van der Waals surface area contributed by atoms with E-state index in [1.54, 1.807) is 6.92 Å². The first-order valence-corrected chi connectivity index (χ1v) is 9.61. The van der Waals surface area contributed by atoms with Crippen molar-refractivity contribution in [3.05, 3.63) is 77.2 Å². The third-order valence-electron chi connectivity index (χ3n) is 5.06. The number of rotatable bonds is 6. The number of methoxy groups -OCH3 is 1. The van der Waals surface area contributed by atoms with Gasteiger partial charge in [-0.25, -0.2) is 9.18 Å². The number of anilines is 1. The molecule has 6 nitrogen and oxygen atoms in total. The van der Waals surface area contributed by atoms with E-state index in [9.17, 15) is 18.8 Å². The lowest BCUT2D eigenvalue weighted by Gasteiger charge is -2.33. The molecule has 1 atom stereocenters. The van der Waals surface area contributed by atoms with Gasteiger partial charge in [-0.2, -0.15) is 0 Å². The number of amides is 2. The lowest BCUT2D eigenvalue weighted by molar-refractivity contribution is -0.139. The van der Waals surface area contributed by atoms with E-state index in [1.165, 1.54) is 36.3 Å². The summed E-state index contributed by atoms with van der Waals surface area (Å²) < 4.78 is 18.2. The van der Waals surface area contributed by atoms with Crippen molar-refractivity contribution in [1.29, 1.82) is 0 Å². The molecule has 1 aliphatic rings. The molecule has 3 rings (SSSR count). The van der Waals surface area contributed by atoms with E-state index in [1.807, 2.05) is 30.3 Å². The highest BCUT2D eigenvalue weighted by Crippen LogP contribution is 2.33. The molecule has 30 heavy (non-hydrogen) atoms. The van der Waals surface area contributed by atoms with Crippen molar-refractivity contribution in [2.45, 2.75) is 19.8 Å². The number of benzene rings is 2. The molecule has 2 aromatic carbocycles. The fraction of sp³-hybridized carbons (Fsp3) is 0.261. The second-order valence-electron chi connectivity index (χ2n) is 6.98. The van der Waals surface area contributed by atoms with Gasteiger partial charge in [0, 0.05) is 24.4 Å². The van der Waals surface area contributed by atoms with Gasteiger partial charge in [0.25, 0.3) is 0 Å². The zero-order valence-corrected chi connectivity index (χ0v) is 16.9. The molecule has 0 fully saturated rings. The van der Waals surface area contributed by atoms with Crippen LogP contribution in [-0.4, -0.2) is 31.4 Å². The third kappa shape index (κ3) is 4.56. The molecule has 0 bridgehead atoms. The molecule has 1 aliphatic heterocycles. The van der Waals surface area contributed by atoms with E-state index in [4.69, 9.17) is 4.74 Å². The monoisotopic (exact) mass is 410 g/mol. The fourth-order valence-electron chi connectivity index (χ4n) is 3.58. The predicted octanol–water partition coefficient (Wildman–Crippen LogP) is 2.98. The maximum Gasteiger partial charge on any atom is 0.336 e. The van der Waals surface area contributed by atoms with Crippen LogP contribution in [-0.2, 0) is 25.5 Å². The van der Waals surface area contributed by atoms with E-state index >= 15 is 0 Å². The summed E-state index contributed by atoms with van der Waals surface area (Å²) in [6.45, 7) is 1.96. The zero-order valence-electron chi connectivity index (χ0n) is 16.9. The predicted molar refractivity (Wildman–Crippen MR) is 110 cm³/mol. The Morgan fingerprint density at radius 2 is 1.80 bits per heavy atom. The quantitative estimate of drug-likeness (QED) is 0.743. The van der Waals surface area contributed by atoms with Crippen LogP contribution in [0.15, 0.2) is 65.9 Å². The molecule has 2 aromatic rings. The Kier molecular flexibility index (Phi) is 6.61. The van der Waals surface area contributed by atoms with E-state index < -0.39 is 23.6 Å². The molecule has 0 saturated carbocycles. The number of ether oxygens (including phenoxy) is 1. The molecule has 0 spiro atoms. The number of halogens is 1. The lowest BCUT2D eigenvalue weighted by atomic mass is 9.88. The Balaban J connectivity index is 1.83. The van der Waals surface area contributed by atoms with Gasteiger partial charge in [-0.15, -0.1) is 0 Å². The number of allylic oxidation sites excluding steroid dienone is 1. The van der Waals surface area contributed by atoms with Gasteiger partial charge in [-0.3, -0.25) is 14.5 Å². The minimum absolute atomic E-state index is 0.124. The first kappa shape index (κ1) is 21.2. The van der Waals surface area contributed by atoms with Crippen LogP contribution in [0.2, 0.25) is 0 Å². The van der Waals surface area contributed by atoms with E-state index in [2.05, 4.69) is 5.32 Å². The van der Waals surface area contributed by atoms with Crippen molar-refractivity contribution in [2.24, 2.45) is 5.92 Å². The van der Waals surface area contributed by atoms with E-state index in [-0.39, 0.29) is 17.9 Å². The van der Waals surface area contributed by atoms with E-state index in [0.29, 0.717) is 24.4 Å². The van der Waals surface area contributed by atoms with Crippen LogP contribution in [0.3, 0.4) is 0 Å². The third-order valence-corrected chi connectivity index (χ3v) is 5.06. The smallest absolute Gasteiger partial charge is 0.336 e. The van der Waals surface area contributed by atoms with Gasteiger partial charge in [-0.1, -0.05) is 30.3 Å². The average Bonchev–Trinajstić information content (AvgIpc) is 2.75. The van der Waals surface area contributed by atoms with Crippen LogP contribution >= 0.6 is 0 Å². The average molecular weight is 410 g/mol. The first-order valence-electron chi connectivity index (χ1n) is 9.61. The number of carbonyl (C=O) groups is 3. The molecule has 0 unspecified atom stereocenters. The topological polar surface area (TPSA) is 75.7 Å². The molecular weight excluding hydrogens is 387 g/mol. The van der Waals surface area contributed by atoms with Crippen molar-refractivity contribution >= 4 is 23.5 Å². The van der Waals surface area contributed by atoms with Crippen molar-refractivity contribution in [2.75, 3.05) is 18.6 Å². The van der Waals surface area contributed by atoms with Crippen LogP contribution in [0.1, 0.15) is 18.9 Å². The van der Waals surface area contributed by atoms with Crippen LogP contribution in [0.4, 0.5) is 10.1 Å². The largest absolute Gasteiger partial charge is 0.466 e. The fourth-order valence-corrected chi connectivity index (χ4v) is 3.58. The molecule has 0 saturated heterocycles. The van der Waals surface area contributed by atoms with Gasteiger partial charge in [0.1, 0.15) is 5.82 Å². The summed E-state index contributed by atoms with van der Waals surface area (Å²) >= 11 is 0. The van der Waals surface area contributed by atoms with Crippen LogP contribution in [0, 0.1) is 11.7 Å². The van der Waals surface area contributed by atoms with Gasteiger partial charge in [-0.05, 0) is 43.2 Å². The van der Waals surface area contributed by atoms with E-state index in [0.717, 1.165) is 5.56 Å². The molecule has 0 aromatic heterocycles. The molecule has 156 valence electrons. The van der Waals surface area contributed by atoms with Crippen molar-refractivity contribution in [1.82, 2.24) is 5.32 Å². The number of nitrogens with one attached hydrogen (secondary N) is 1. The Labute approximate surface area is 174 Å². The van der Waals surface area contributed by atoms with Crippen molar-refractivity contribution < 1.29 is 23.5 Å². The van der Waals surface area contributed by atoms with Gasteiger partial charge < -0.3 is 10.1 Å². The highest BCUT2D eigenvalue weighted by atomic mass is 19.1. The number of esters is 1. The summed E-state index contributed by atoms with van der Waals surface area (Å²) in [6.07, 6.45) is 0.446. The molecular formula is C23H23FN2O4. The Hall–Kier alpha value is -3.48. The Morgan fingerprint density at radius 1 is 1.13 bits per heavy atom. The molecule has 1 N–H and O–H groups in total. The summed E-state index contributed by atoms with van der Waals surface area (Å²) in [5, 5.41) is 2.81. The number of nitrogens with zero attached hydrogens (tertiary/aromatic N) is 1. The maximum atomic E-state index is 13.3. The molecule has 0 aliphatic carbocycles.